The lowest BCUT2D eigenvalue weighted by atomic mass is 10.1. The van der Waals surface area contributed by atoms with Crippen LogP contribution in [-0.4, -0.2) is 23.7 Å². The molecule has 230 valence electrons. The summed E-state index contributed by atoms with van der Waals surface area (Å²) in [6.07, 6.45) is 1.52. The molecule has 0 aliphatic rings. The summed E-state index contributed by atoms with van der Waals surface area (Å²) in [6, 6.07) is 33.3. The molecule has 46 heavy (non-hydrogen) atoms. The lowest BCUT2D eigenvalue weighted by Gasteiger charge is -2.15. The number of benzene rings is 5. The minimum Gasteiger partial charge on any atom is -0.490 e. The first kappa shape index (κ1) is 30.8. The molecule has 9 heteroatoms. The number of aryl methyl sites for hydroxylation is 1. The van der Waals surface area contributed by atoms with Crippen molar-refractivity contribution in [2.45, 2.75) is 20.5 Å². The largest absolute Gasteiger partial charge is 0.490 e. The zero-order valence-electron chi connectivity index (χ0n) is 25.3. The van der Waals surface area contributed by atoms with Gasteiger partial charge in [-0.2, -0.15) is 5.10 Å². The van der Waals surface area contributed by atoms with E-state index in [1.165, 1.54) is 28.5 Å². The molecule has 0 spiro atoms. The Morgan fingerprint density at radius 2 is 1.72 bits per heavy atom. The first-order chi connectivity index (χ1) is 22.4. The van der Waals surface area contributed by atoms with Gasteiger partial charge in [-0.3, -0.25) is 4.79 Å². The maximum atomic E-state index is 12.8. The summed E-state index contributed by atoms with van der Waals surface area (Å²) in [4.78, 5) is 17.5. The van der Waals surface area contributed by atoms with Gasteiger partial charge >= 0.3 is 0 Å². The maximum absolute atomic E-state index is 12.8. The zero-order chi connectivity index (χ0) is 31.9. The molecule has 0 atom stereocenters. The van der Waals surface area contributed by atoms with Crippen LogP contribution >= 0.6 is 22.9 Å². The van der Waals surface area contributed by atoms with Gasteiger partial charge in [0.15, 0.2) is 16.6 Å². The summed E-state index contributed by atoms with van der Waals surface area (Å²) in [5.41, 5.74) is 8.65. The van der Waals surface area contributed by atoms with Gasteiger partial charge in [0.05, 0.1) is 23.5 Å². The summed E-state index contributed by atoms with van der Waals surface area (Å²) in [5.74, 6) is 0.615. The van der Waals surface area contributed by atoms with Crippen LogP contribution in [0.2, 0.25) is 5.02 Å². The molecule has 0 aliphatic heterocycles. The minimum absolute atomic E-state index is 0.334. The van der Waals surface area contributed by atoms with Crippen molar-refractivity contribution in [1.82, 2.24) is 10.4 Å². The summed E-state index contributed by atoms with van der Waals surface area (Å²) in [7, 11) is 0. The maximum Gasteiger partial charge on any atom is 0.271 e. The SMILES string of the molecule is CCOc1cc(/C=N\NC(=O)c2ccc(-c3csc(Nc4ccc(C)cc4)n3)cc2)cc(Cl)c1OCc1ccc2ccccc2c1. The van der Waals surface area contributed by atoms with Crippen molar-refractivity contribution in [3.8, 4) is 22.8 Å². The summed E-state index contributed by atoms with van der Waals surface area (Å²) in [5, 5.41) is 12.9. The van der Waals surface area contributed by atoms with E-state index in [4.69, 9.17) is 21.1 Å². The third-order valence-electron chi connectivity index (χ3n) is 7.16. The highest BCUT2D eigenvalue weighted by Gasteiger charge is 2.13. The van der Waals surface area contributed by atoms with E-state index in [9.17, 15) is 4.79 Å². The van der Waals surface area contributed by atoms with E-state index in [1.54, 1.807) is 24.3 Å². The van der Waals surface area contributed by atoms with Gasteiger partial charge in [0, 0.05) is 22.2 Å². The number of aromatic nitrogens is 1. The smallest absolute Gasteiger partial charge is 0.271 e. The average Bonchev–Trinajstić information content (AvgIpc) is 3.54. The minimum atomic E-state index is -0.339. The number of anilines is 2. The quantitative estimate of drug-likeness (QED) is 0.108. The Morgan fingerprint density at radius 3 is 2.50 bits per heavy atom. The van der Waals surface area contributed by atoms with Gasteiger partial charge in [-0.05, 0) is 78.2 Å². The van der Waals surface area contributed by atoms with Crippen LogP contribution in [0.15, 0.2) is 114 Å². The first-order valence-electron chi connectivity index (χ1n) is 14.7. The Labute approximate surface area is 276 Å². The molecule has 1 aromatic heterocycles. The number of amides is 1. The van der Waals surface area contributed by atoms with Crippen molar-refractivity contribution in [2.24, 2.45) is 5.10 Å². The molecular formula is C37H31ClN4O3S. The second-order valence-corrected chi connectivity index (χ2v) is 11.8. The Morgan fingerprint density at radius 1 is 0.935 bits per heavy atom. The van der Waals surface area contributed by atoms with Crippen LogP contribution in [-0.2, 0) is 6.61 Å². The van der Waals surface area contributed by atoms with Crippen molar-refractivity contribution in [3.63, 3.8) is 0 Å². The van der Waals surface area contributed by atoms with E-state index in [-0.39, 0.29) is 5.91 Å². The van der Waals surface area contributed by atoms with Crippen LogP contribution < -0.4 is 20.2 Å². The second-order valence-electron chi connectivity index (χ2n) is 10.5. The van der Waals surface area contributed by atoms with Crippen molar-refractivity contribution in [1.29, 1.82) is 0 Å². The number of hydrazone groups is 1. The molecule has 0 radical (unpaired) electrons. The van der Waals surface area contributed by atoms with E-state index in [1.807, 2.05) is 54.8 Å². The summed E-state index contributed by atoms with van der Waals surface area (Å²) < 4.78 is 11.9. The number of thiazole rings is 1. The average molecular weight is 647 g/mol. The van der Waals surface area contributed by atoms with Gasteiger partial charge in [0.1, 0.15) is 6.61 Å². The molecule has 1 amide bonds. The number of nitrogens with one attached hydrogen (secondary N) is 2. The zero-order valence-corrected chi connectivity index (χ0v) is 26.9. The lowest BCUT2D eigenvalue weighted by molar-refractivity contribution is 0.0955. The van der Waals surface area contributed by atoms with Crippen LogP contribution in [0, 0.1) is 6.92 Å². The monoisotopic (exact) mass is 646 g/mol. The Hall–Kier alpha value is -5.18. The highest BCUT2D eigenvalue weighted by Crippen LogP contribution is 2.37. The number of hydrogen-bond donors (Lipinski definition) is 2. The summed E-state index contributed by atoms with van der Waals surface area (Å²) >= 11 is 8.14. The molecule has 0 saturated heterocycles. The molecule has 0 fully saturated rings. The van der Waals surface area contributed by atoms with Crippen molar-refractivity contribution in [3.05, 3.63) is 136 Å². The first-order valence-corrected chi connectivity index (χ1v) is 16.0. The van der Waals surface area contributed by atoms with Crippen LogP contribution in [0.25, 0.3) is 22.0 Å². The molecule has 6 aromatic rings. The van der Waals surface area contributed by atoms with E-state index >= 15 is 0 Å². The lowest BCUT2D eigenvalue weighted by Crippen LogP contribution is -2.17. The van der Waals surface area contributed by atoms with E-state index < -0.39 is 0 Å². The van der Waals surface area contributed by atoms with Crippen LogP contribution in [0.4, 0.5) is 10.8 Å². The number of carbonyl (C=O) groups excluding carboxylic acids is 1. The van der Waals surface area contributed by atoms with Gasteiger partial charge in [-0.25, -0.2) is 10.4 Å². The number of hydrogen-bond acceptors (Lipinski definition) is 7. The van der Waals surface area contributed by atoms with Crippen molar-refractivity contribution in [2.75, 3.05) is 11.9 Å². The molecular weight excluding hydrogens is 616 g/mol. The van der Waals surface area contributed by atoms with Crippen molar-refractivity contribution >= 4 is 56.7 Å². The van der Waals surface area contributed by atoms with E-state index in [0.717, 1.165) is 33.0 Å². The van der Waals surface area contributed by atoms with Crippen LogP contribution in [0.3, 0.4) is 0 Å². The number of halogens is 1. The number of carbonyl (C=O) groups is 1. The third kappa shape index (κ3) is 7.54. The van der Waals surface area contributed by atoms with Gasteiger partial charge in [-0.15, -0.1) is 11.3 Å². The van der Waals surface area contributed by atoms with E-state index in [0.29, 0.717) is 40.9 Å². The molecule has 6 rings (SSSR count). The molecule has 5 aromatic carbocycles. The second kappa shape index (κ2) is 14.3. The standard InChI is InChI=1S/C37H31ClN4O3S/c1-3-44-34-20-26(19-32(38)35(34)45-22-25-10-11-27-6-4-5-7-30(27)18-25)21-39-42-36(43)29-14-12-28(13-15-29)33-23-46-37(41-33)40-31-16-8-24(2)9-17-31/h4-21,23H,3,22H2,1-2H3,(H,40,41)(H,42,43)/b39-21-. The highest BCUT2D eigenvalue weighted by atomic mass is 35.5. The molecule has 7 nitrogen and oxygen atoms in total. The predicted molar refractivity (Wildman–Crippen MR) is 188 cm³/mol. The molecule has 0 aliphatic carbocycles. The normalized spacial score (nSPS) is 11.1. The molecule has 0 unspecified atom stereocenters. The van der Waals surface area contributed by atoms with Gasteiger partial charge in [0.25, 0.3) is 5.91 Å². The summed E-state index contributed by atoms with van der Waals surface area (Å²) in [6.45, 7) is 4.71. The fourth-order valence-corrected chi connectivity index (χ4v) is 5.81. The Kier molecular flexibility index (Phi) is 9.57. The number of ether oxygens (including phenoxy) is 2. The Bertz CT molecular complexity index is 2010. The highest BCUT2D eigenvalue weighted by molar-refractivity contribution is 7.14. The fourth-order valence-electron chi connectivity index (χ4n) is 4.80. The van der Waals surface area contributed by atoms with Crippen LogP contribution in [0.1, 0.15) is 34.0 Å². The number of nitrogens with zero attached hydrogens (tertiary/aromatic N) is 2. The van der Waals surface area contributed by atoms with Gasteiger partial charge in [0.2, 0.25) is 0 Å². The molecule has 0 saturated carbocycles. The predicted octanol–water partition coefficient (Wildman–Crippen LogP) is 9.41. The molecule has 2 N–H and O–H groups in total. The van der Waals surface area contributed by atoms with Crippen molar-refractivity contribution < 1.29 is 14.3 Å². The number of rotatable bonds is 11. The van der Waals surface area contributed by atoms with Gasteiger partial charge in [-0.1, -0.05) is 77.8 Å². The Balaban J connectivity index is 1.07. The van der Waals surface area contributed by atoms with Gasteiger partial charge < -0.3 is 14.8 Å². The van der Waals surface area contributed by atoms with Crippen LogP contribution in [0.5, 0.6) is 11.5 Å². The molecule has 0 bridgehead atoms. The van der Waals surface area contributed by atoms with E-state index in [2.05, 4.69) is 64.1 Å². The fraction of sp³-hybridized carbons (Fsp3) is 0.108. The third-order valence-corrected chi connectivity index (χ3v) is 8.20. The topological polar surface area (TPSA) is 84.8 Å². The number of fused-ring (bicyclic) bond motifs is 1. The molecule has 1 heterocycles.